The molecule has 25 heavy (non-hydrogen) atoms. The molecule has 2 atom stereocenters. The van der Waals surface area contributed by atoms with Crippen molar-refractivity contribution in [2.45, 2.75) is 32.4 Å². The summed E-state index contributed by atoms with van der Waals surface area (Å²) in [6, 6.07) is 4.12. The fourth-order valence-electron chi connectivity index (χ4n) is 2.03. The van der Waals surface area contributed by atoms with Gasteiger partial charge in [-0.25, -0.2) is 4.57 Å². The Morgan fingerprint density at radius 2 is 2.16 bits per heavy atom. The highest BCUT2D eigenvalue weighted by molar-refractivity contribution is 7.47. The molecule has 0 saturated carbocycles. The number of carbonyl (C=O) groups is 1. The van der Waals surface area contributed by atoms with E-state index in [1.807, 2.05) is 0 Å². The molecule has 10 nitrogen and oxygen atoms in total. The number of benzene rings is 1. The van der Waals surface area contributed by atoms with Gasteiger partial charge >= 0.3 is 7.82 Å². The SMILES string of the molecule is COP(=O)(O)OC(C)c1cc(CNC(=O)CCCO)ccc1[N+](=O)[O-]. The van der Waals surface area contributed by atoms with E-state index in [2.05, 4.69) is 9.84 Å². The molecular formula is C14H21N2O8P. The van der Waals surface area contributed by atoms with E-state index in [9.17, 15) is 24.4 Å². The predicted octanol–water partition coefficient (Wildman–Crippen LogP) is 1.81. The zero-order valence-corrected chi connectivity index (χ0v) is 14.8. The number of carbonyl (C=O) groups excluding carboxylic acids is 1. The second-order valence-corrected chi connectivity index (χ2v) is 6.67. The van der Waals surface area contributed by atoms with Gasteiger partial charge in [-0.05, 0) is 25.0 Å². The average Bonchev–Trinajstić information content (AvgIpc) is 2.57. The van der Waals surface area contributed by atoms with Crippen LogP contribution in [0.15, 0.2) is 18.2 Å². The lowest BCUT2D eigenvalue weighted by Crippen LogP contribution is -2.22. The maximum atomic E-state index is 11.6. The fraction of sp³-hybridized carbons (Fsp3) is 0.500. The van der Waals surface area contributed by atoms with Crippen molar-refractivity contribution in [2.75, 3.05) is 13.7 Å². The van der Waals surface area contributed by atoms with E-state index in [1.54, 1.807) is 0 Å². The Kier molecular flexibility index (Phi) is 8.14. The zero-order valence-electron chi connectivity index (χ0n) is 13.9. The number of nitro benzene ring substituents is 1. The maximum Gasteiger partial charge on any atom is 0.472 e. The van der Waals surface area contributed by atoms with Crippen LogP contribution in [-0.4, -0.2) is 34.5 Å². The second-order valence-electron chi connectivity index (χ2n) is 5.15. The molecule has 0 bridgehead atoms. The largest absolute Gasteiger partial charge is 0.472 e. The van der Waals surface area contributed by atoms with E-state index in [0.717, 1.165) is 7.11 Å². The minimum Gasteiger partial charge on any atom is -0.396 e. The number of phosphoric ester groups is 1. The molecule has 0 aromatic heterocycles. The lowest BCUT2D eigenvalue weighted by Gasteiger charge is -2.17. The molecule has 1 rings (SSSR count). The molecule has 0 fully saturated rings. The van der Waals surface area contributed by atoms with Gasteiger partial charge in [-0.3, -0.25) is 24.0 Å². The number of aliphatic hydroxyl groups is 1. The Balaban J connectivity index is 2.95. The van der Waals surface area contributed by atoms with E-state index >= 15 is 0 Å². The first-order chi connectivity index (χ1) is 11.7. The monoisotopic (exact) mass is 376 g/mol. The number of hydrogen-bond donors (Lipinski definition) is 3. The van der Waals surface area contributed by atoms with Crippen molar-refractivity contribution in [3.05, 3.63) is 39.4 Å². The van der Waals surface area contributed by atoms with Gasteiger partial charge in [0.25, 0.3) is 5.69 Å². The first-order valence-corrected chi connectivity index (χ1v) is 8.91. The minimum atomic E-state index is -4.32. The van der Waals surface area contributed by atoms with Crippen molar-refractivity contribution in [1.29, 1.82) is 0 Å². The molecule has 0 aliphatic heterocycles. The van der Waals surface area contributed by atoms with Crippen molar-refractivity contribution in [2.24, 2.45) is 0 Å². The Morgan fingerprint density at radius 3 is 2.72 bits per heavy atom. The van der Waals surface area contributed by atoms with Crippen LogP contribution in [0.3, 0.4) is 0 Å². The normalized spacial score (nSPS) is 14.6. The Morgan fingerprint density at radius 1 is 1.48 bits per heavy atom. The van der Waals surface area contributed by atoms with E-state index in [4.69, 9.17) is 9.63 Å². The van der Waals surface area contributed by atoms with Gasteiger partial charge in [-0.1, -0.05) is 6.07 Å². The minimum absolute atomic E-state index is 0.0819. The van der Waals surface area contributed by atoms with Crippen LogP contribution in [0, 0.1) is 10.1 Å². The van der Waals surface area contributed by atoms with E-state index in [0.29, 0.717) is 12.0 Å². The molecule has 0 aliphatic carbocycles. The van der Waals surface area contributed by atoms with Gasteiger partial charge in [0.2, 0.25) is 5.91 Å². The first-order valence-electron chi connectivity index (χ1n) is 7.42. The van der Waals surface area contributed by atoms with E-state index in [1.165, 1.54) is 25.1 Å². The van der Waals surface area contributed by atoms with Gasteiger partial charge < -0.3 is 15.3 Å². The number of nitro groups is 1. The lowest BCUT2D eigenvalue weighted by molar-refractivity contribution is -0.386. The molecule has 0 radical (unpaired) electrons. The van der Waals surface area contributed by atoms with Gasteiger partial charge in [0.1, 0.15) is 0 Å². The summed E-state index contributed by atoms with van der Waals surface area (Å²) in [5, 5.41) is 22.5. The maximum absolute atomic E-state index is 11.6. The van der Waals surface area contributed by atoms with Crippen LogP contribution in [0.4, 0.5) is 5.69 Å². The fourth-order valence-corrected chi connectivity index (χ4v) is 2.63. The first kappa shape index (κ1) is 21.2. The molecule has 2 unspecified atom stereocenters. The second kappa shape index (κ2) is 9.59. The number of aliphatic hydroxyl groups excluding tert-OH is 1. The summed E-state index contributed by atoms with van der Waals surface area (Å²) in [5.74, 6) is -0.266. The summed E-state index contributed by atoms with van der Waals surface area (Å²) in [6.45, 7) is 1.40. The van der Waals surface area contributed by atoms with Crippen molar-refractivity contribution < 1.29 is 33.3 Å². The molecule has 0 spiro atoms. The highest BCUT2D eigenvalue weighted by Crippen LogP contribution is 2.48. The molecule has 0 heterocycles. The topological polar surface area (TPSA) is 148 Å². The van der Waals surface area contributed by atoms with Gasteiger partial charge in [-0.2, -0.15) is 0 Å². The summed E-state index contributed by atoms with van der Waals surface area (Å²) < 4.78 is 20.7. The molecule has 0 aliphatic rings. The van der Waals surface area contributed by atoms with Crippen LogP contribution in [0.2, 0.25) is 0 Å². The van der Waals surface area contributed by atoms with Crippen molar-refractivity contribution in [1.82, 2.24) is 5.32 Å². The van der Waals surface area contributed by atoms with Gasteiger partial charge in [0.15, 0.2) is 0 Å². The molecule has 140 valence electrons. The number of amides is 1. The highest BCUT2D eigenvalue weighted by atomic mass is 31.2. The predicted molar refractivity (Wildman–Crippen MR) is 87.6 cm³/mol. The number of phosphoric acid groups is 1. The van der Waals surface area contributed by atoms with E-state index in [-0.39, 0.29) is 36.7 Å². The molecule has 11 heteroatoms. The number of nitrogens with one attached hydrogen (secondary N) is 1. The third-order valence-electron chi connectivity index (χ3n) is 3.30. The summed E-state index contributed by atoms with van der Waals surface area (Å²) in [6.07, 6.45) is -0.580. The lowest BCUT2D eigenvalue weighted by atomic mass is 10.0. The standard InChI is InChI=1S/C14H21N2O8P/c1-10(24-25(21,22)23-2)12-8-11(5-6-13(12)16(19)20)9-15-14(18)4-3-7-17/h5-6,8,10,17H,3-4,7,9H2,1-2H3,(H,15,18)(H,21,22). The Hall–Kier alpha value is -1.84. The van der Waals surface area contributed by atoms with Crippen LogP contribution in [0.25, 0.3) is 0 Å². The third-order valence-corrected chi connectivity index (χ3v) is 4.34. The van der Waals surface area contributed by atoms with Crippen molar-refractivity contribution >= 4 is 19.4 Å². The molecular weight excluding hydrogens is 355 g/mol. The summed E-state index contributed by atoms with van der Waals surface area (Å²) in [7, 11) is -3.33. The van der Waals surface area contributed by atoms with Crippen LogP contribution in [0.1, 0.15) is 37.0 Å². The quantitative estimate of drug-likeness (QED) is 0.318. The Bertz CT molecular complexity index is 666. The van der Waals surface area contributed by atoms with Gasteiger partial charge in [0.05, 0.1) is 16.6 Å². The molecule has 1 aromatic carbocycles. The van der Waals surface area contributed by atoms with Crippen molar-refractivity contribution in [3.63, 3.8) is 0 Å². The van der Waals surface area contributed by atoms with E-state index < -0.39 is 18.8 Å². The Labute approximate surface area is 144 Å². The highest BCUT2D eigenvalue weighted by Gasteiger charge is 2.28. The summed E-state index contributed by atoms with van der Waals surface area (Å²) in [5.41, 5.74) is 0.357. The van der Waals surface area contributed by atoms with Crippen LogP contribution < -0.4 is 5.32 Å². The zero-order chi connectivity index (χ0) is 19.0. The number of rotatable bonds is 10. The van der Waals surface area contributed by atoms with Gasteiger partial charge in [0, 0.05) is 32.7 Å². The third kappa shape index (κ3) is 6.89. The molecule has 0 saturated heterocycles. The molecule has 3 N–H and O–H groups in total. The summed E-state index contributed by atoms with van der Waals surface area (Å²) >= 11 is 0. The van der Waals surface area contributed by atoms with Gasteiger partial charge in [-0.15, -0.1) is 0 Å². The van der Waals surface area contributed by atoms with Crippen LogP contribution >= 0.6 is 7.82 Å². The van der Waals surface area contributed by atoms with Crippen LogP contribution in [0.5, 0.6) is 0 Å². The number of nitrogens with zero attached hydrogens (tertiary/aromatic N) is 1. The molecule has 1 amide bonds. The average molecular weight is 376 g/mol. The number of hydrogen-bond acceptors (Lipinski definition) is 7. The van der Waals surface area contributed by atoms with Crippen LogP contribution in [-0.2, 0) is 25.0 Å². The van der Waals surface area contributed by atoms with Crippen molar-refractivity contribution in [3.8, 4) is 0 Å². The smallest absolute Gasteiger partial charge is 0.396 e. The summed E-state index contributed by atoms with van der Waals surface area (Å²) in [4.78, 5) is 31.4. The molecule has 1 aromatic rings.